The van der Waals surface area contributed by atoms with Crippen LogP contribution < -0.4 is 10.2 Å². The topological polar surface area (TPSA) is 61.0 Å². The molecule has 1 aliphatic rings. The quantitative estimate of drug-likeness (QED) is 0.758. The first kappa shape index (κ1) is 9.21. The number of carbonyl (C=O) groups is 1. The van der Waals surface area contributed by atoms with Crippen LogP contribution in [0.2, 0.25) is 0 Å². The van der Waals surface area contributed by atoms with E-state index in [0.717, 1.165) is 24.0 Å². The lowest BCUT2D eigenvalue weighted by atomic mass is 10.3. The number of nitrogens with one attached hydrogen (secondary N) is 2. The highest BCUT2D eigenvalue weighted by Crippen LogP contribution is 2.18. The van der Waals surface area contributed by atoms with Gasteiger partial charge in [0.05, 0.1) is 11.0 Å². The molecular formula is C11H12N4O. The number of anilines is 1. The van der Waals surface area contributed by atoms with Crippen LogP contribution in [0.25, 0.3) is 11.0 Å². The number of H-pyrrole nitrogens is 1. The van der Waals surface area contributed by atoms with Crippen LogP contribution in [0, 0.1) is 0 Å². The number of fused-ring (bicyclic) bond motifs is 1. The Kier molecular flexibility index (Phi) is 2.02. The minimum atomic E-state index is -0.0784. The van der Waals surface area contributed by atoms with Gasteiger partial charge in [-0.05, 0) is 18.6 Å². The number of aromatic amines is 1. The third-order valence-electron chi connectivity index (χ3n) is 2.71. The van der Waals surface area contributed by atoms with Crippen LogP contribution in [-0.4, -0.2) is 29.1 Å². The summed E-state index contributed by atoms with van der Waals surface area (Å²) in [5.41, 5.74) is 1.84. The highest BCUT2D eigenvalue weighted by Gasteiger charge is 2.21. The van der Waals surface area contributed by atoms with Crippen molar-refractivity contribution < 1.29 is 4.79 Å². The fourth-order valence-corrected chi connectivity index (χ4v) is 1.90. The number of hydrogen-bond donors (Lipinski definition) is 2. The molecule has 1 saturated heterocycles. The van der Waals surface area contributed by atoms with Gasteiger partial charge in [-0.2, -0.15) is 0 Å². The molecule has 2 aromatic rings. The third kappa shape index (κ3) is 1.41. The Hall–Kier alpha value is -2.04. The molecule has 3 rings (SSSR count). The lowest BCUT2D eigenvalue weighted by Gasteiger charge is -2.24. The Bertz CT molecular complexity index is 501. The van der Waals surface area contributed by atoms with Crippen molar-refractivity contribution in [1.29, 1.82) is 0 Å². The van der Waals surface area contributed by atoms with Crippen molar-refractivity contribution in [2.75, 3.05) is 18.0 Å². The van der Waals surface area contributed by atoms with Gasteiger partial charge in [0.15, 0.2) is 0 Å². The molecule has 0 bridgehead atoms. The summed E-state index contributed by atoms with van der Waals surface area (Å²) in [5.74, 6) is 0.624. The molecule has 2 N–H and O–H groups in total. The molecule has 0 aliphatic carbocycles. The van der Waals surface area contributed by atoms with Gasteiger partial charge >= 0.3 is 6.03 Å². The van der Waals surface area contributed by atoms with E-state index in [1.165, 1.54) is 0 Å². The molecule has 1 fully saturated rings. The van der Waals surface area contributed by atoms with Crippen LogP contribution in [-0.2, 0) is 0 Å². The van der Waals surface area contributed by atoms with Crippen molar-refractivity contribution in [2.24, 2.45) is 0 Å². The van der Waals surface area contributed by atoms with Crippen molar-refractivity contribution in [2.45, 2.75) is 6.42 Å². The summed E-state index contributed by atoms with van der Waals surface area (Å²) in [6, 6.07) is 7.68. The summed E-state index contributed by atoms with van der Waals surface area (Å²) in [6.07, 6.45) is 0.947. The first-order valence-corrected chi connectivity index (χ1v) is 5.35. The minimum Gasteiger partial charge on any atom is -0.338 e. The molecule has 1 aromatic heterocycles. The largest absolute Gasteiger partial charge is 0.338 e. The first-order chi connectivity index (χ1) is 7.84. The molecule has 0 radical (unpaired) electrons. The predicted octanol–water partition coefficient (Wildman–Crippen LogP) is 1.48. The molecule has 0 atom stereocenters. The third-order valence-corrected chi connectivity index (χ3v) is 2.71. The average Bonchev–Trinajstić information content (AvgIpc) is 2.73. The maximum Gasteiger partial charge on any atom is 0.324 e. The number of amides is 2. The highest BCUT2D eigenvalue weighted by atomic mass is 16.2. The van der Waals surface area contributed by atoms with Crippen LogP contribution in [0.1, 0.15) is 6.42 Å². The van der Waals surface area contributed by atoms with Gasteiger partial charge in [-0.15, -0.1) is 0 Å². The van der Waals surface area contributed by atoms with E-state index in [2.05, 4.69) is 15.3 Å². The average molecular weight is 216 g/mol. The Balaban J connectivity index is 2.01. The van der Waals surface area contributed by atoms with Crippen LogP contribution in [0.5, 0.6) is 0 Å². The van der Waals surface area contributed by atoms with E-state index in [1.54, 1.807) is 4.90 Å². The van der Waals surface area contributed by atoms with Crippen LogP contribution in [0.4, 0.5) is 10.7 Å². The summed E-state index contributed by atoms with van der Waals surface area (Å²) in [5, 5.41) is 2.80. The number of urea groups is 1. The minimum absolute atomic E-state index is 0.0784. The molecule has 0 saturated carbocycles. The second-order valence-electron chi connectivity index (χ2n) is 3.81. The van der Waals surface area contributed by atoms with E-state index in [0.29, 0.717) is 12.5 Å². The fraction of sp³-hybridized carbons (Fsp3) is 0.273. The Morgan fingerprint density at radius 2 is 2.19 bits per heavy atom. The van der Waals surface area contributed by atoms with Crippen molar-refractivity contribution in [3.05, 3.63) is 24.3 Å². The van der Waals surface area contributed by atoms with Crippen LogP contribution >= 0.6 is 0 Å². The van der Waals surface area contributed by atoms with E-state index >= 15 is 0 Å². The number of nitrogens with zero attached hydrogens (tertiary/aromatic N) is 2. The van der Waals surface area contributed by atoms with E-state index in [4.69, 9.17) is 0 Å². The molecule has 5 heteroatoms. The fourth-order valence-electron chi connectivity index (χ4n) is 1.90. The molecule has 0 unspecified atom stereocenters. The van der Waals surface area contributed by atoms with E-state index in [1.807, 2.05) is 24.3 Å². The highest BCUT2D eigenvalue weighted by molar-refractivity contribution is 5.92. The van der Waals surface area contributed by atoms with Crippen molar-refractivity contribution in [3.8, 4) is 0 Å². The summed E-state index contributed by atoms with van der Waals surface area (Å²) in [6.45, 7) is 1.46. The van der Waals surface area contributed by atoms with E-state index in [-0.39, 0.29) is 6.03 Å². The molecule has 16 heavy (non-hydrogen) atoms. The van der Waals surface area contributed by atoms with Gasteiger partial charge in [-0.1, -0.05) is 12.1 Å². The summed E-state index contributed by atoms with van der Waals surface area (Å²) >= 11 is 0. The van der Waals surface area contributed by atoms with Gasteiger partial charge < -0.3 is 10.3 Å². The molecule has 5 nitrogen and oxygen atoms in total. The monoisotopic (exact) mass is 216 g/mol. The number of aromatic nitrogens is 2. The summed E-state index contributed by atoms with van der Waals surface area (Å²) < 4.78 is 0. The van der Waals surface area contributed by atoms with Gasteiger partial charge in [0.1, 0.15) is 0 Å². The number of hydrogen-bond acceptors (Lipinski definition) is 2. The zero-order valence-corrected chi connectivity index (χ0v) is 8.73. The number of benzene rings is 1. The number of carbonyl (C=O) groups excluding carboxylic acids is 1. The Labute approximate surface area is 92.5 Å². The predicted molar refractivity (Wildman–Crippen MR) is 61.5 cm³/mol. The molecule has 1 aliphatic heterocycles. The molecule has 2 amide bonds. The van der Waals surface area contributed by atoms with Gasteiger partial charge in [0.2, 0.25) is 5.95 Å². The Morgan fingerprint density at radius 1 is 1.31 bits per heavy atom. The Morgan fingerprint density at radius 3 is 3.00 bits per heavy atom. The van der Waals surface area contributed by atoms with Crippen LogP contribution in [0.3, 0.4) is 0 Å². The van der Waals surface area contributed by atoms with Crippen molar-refractivity contribution in [3.63, 3.8) is 0 Å². The molecular weight excluding hydrogens is 204 g/mol. The molecule has 1 aromatic carbocycles. The van der Waals surface area contributed by atoms with Crippen molar-refractivity contribution in [1.82, 2.24) is 15.3 Å². The first-order valence-electron chi connectivity index (χ1n) is 5.35. The lowest BCUT2D eigenvalue weighted by molar-refractivity contribution is 0.242. The van der Waals surface area contributed by atoms with E-state index < -0.39 is 0 Å². The van der Waals surface area contributed by atoms with Gasteiger partial charge in [0.25, 0.3) is 0 Å². The van der Waals surface area contributed by atoms with Gasteiger partial charge in [-0.3, -0.25) is 4.90 Å². The molecule has 82 valence electrons. The van der Waals surface area contributed by atoms with E-state index in [9.17, 15) is 4.79 Å². The van der Waals surface area contributed by atoms with Gasteiger partial charge in [-0.25, -0.2) is 9.78 Å². The maximum atomic E-state index is 11.6. The zero-order valence-electron chi connectivity index (χ0n) is 8.73. The summed E-state index contributed by atoms with van der Waals surface area (Å²) in [7, 11) is 0. The lowest BCUT2D eigenvalue weighted by Crippen LogP contribution is -2.47. The number of para-hydroxylation sites is 2. The van der Waals surface area contributed by atoms with Gasteiger partial charge in [0, 0.05) is 13.1 Å². The number of rotatable bonds is 1. The zero-order chi connectivity index (χ0) is 11.0. The second kappa shape index (κ2) is 3.52. The normalized spacial score (nSPS) is 16.5. The smallest absolute Gasteiger partial charge is 0.324 e. The van der Waals surface area contributed by atoms with Crippen molar-refractivity contribution >= 4 is 23.0 Å². The van der Waals surface area contributed by atoms with Crippen LogP contribution in [0.15, 0.2) is 24.3 Å². The molecule has 2 heterocycles. The second-order valence-corrected chi connectivity index (χ2v) is 3.81. The maximum absolute atomic E-state index is 11.6. The standard InChI is InChI=1S/C11H12N4O/c16-11-12-6-3-7-15(11)10-13-8-4-1-2-5-9(8)14-10/h1-2,4-5H,3,6-7H2,(H,12,16)(H,13,14). The summed E-state index contributed by atoms with van der Waals surface area (Å²) in [4.78, 5) is 20.8. The molecule has 0 spiro atoms. The number of imidazole rings is 1. The SMILES string of the molecule is O=C1NCCCN1c1nc2ccccc2[nH]1.